The van der Waals surface area contributed by atoms with Crippen LogP contribution in [-0.2, 0) is 17.6 Å². The lowest BCUT2D eigenvalue weighted by atomic mass is 9.83. The molecule has 1 heterocycles. The minimum atomic E-state index is 0.0831. The Labute approximate surface area is 140 Å². The van der Waals surface area contributed by atoms with Crippen LogP contribution in [-0.4, -0.2) is 5.91 Å². The van der Waals surface area contributed by atoms with Crippen LogP contribution < -0.4 is 5.32 Å². The van der Waals surface area contributed by atoms with Gasteiger partial charge in [0.2, 0.25) is 5.91 Å². The molecular weight excluding hydrogens is 304 g/mol. The van der Waals surface area contributed by atoms with Crippen molar-refractivity contribution < 1.29 is 4.79 Å². The summed E-state index contributed by atoms with van der Waals surface area (Å²) in [5.41, 5.74) is 3.23. The highest BCUT2D eigenvalue weighted by Gasteiger charge is 2.32. The number of nitrogens with one attached hydrogen (secondary N) is 1. The maximum absolute atomic E-state index is 12.0. The average Bonchev–Trinajstić information content (AvgIpc) is 3.37. The summed E-state index contributed by atoms with van der Waals surface area (Å²) in [4.78, 5) is 13.3. The zero-order valence-corrected chi connectivity index (χ0v) is 13.7. The van der Waals surface area contributed by atoms with Crippen LogP contribution in [0.1, 0.15) is 46.7 Å². The summed E-state index contributed by atoms with van der Waals surface area (Å²) in [6, 6.07) is 12.9. The molecule has 1 amide bonds. The smallest absolute Gasteiger partial charge is 0.228 e. The molecule has 0 aliphatic heterocycles. The molecule has 4 rings (SSSR count). The van der Waals surface area contributed by atoms with Crippen LogP contribution in [0.25, 0.3) is 0 Å². The average molecular weight is 322 g/mol. The molecule has 1 saturated carbocycles. The van der Waals surface area contributed by atoms with Crippen molar-refractivity contribution in [2.24, 2.45) is 5.92 Å². The first-order valence-corrected chi connectivity index (χ1v) is 8.98. The Morgan fingerprint density at radius 1 is 1.22 bits per heavy atom. The normalized spacial score (nSPS) is 19.7. The van der Waals surface area contributed by atoms with Gasteiger partial charge in [-0.15, -0.1) is 11.3 Å². The Hall–Kier alpha value is -2.12. The molecule has 1 unspecified atom stereocenters. The minimum Gasteiger partial charge on any atom is -0.316 e. The van der Waals surface area contributed by atoms with E-state index in [9.17, 15) is 10.1 Å². The third-order valence-electron chi connectivity index (χ3n) is 4.83. The topological polar surface area (TPSA) is 52.9 Å². The second-order valence-electron chi connectivity index (χ2n) is 6.43. The number of hydrogen-bond donors (Lipinski definition) is 1. The van der Waals surface area contributed by atoms with Crippen molar-refractivity contribution in [1.82, 2.24) is 0 Å². The first kappa shape index (κ1) is 14.5. The maximum atomic E-state index is 12.0. The van der Waals surface area contributed by atoms with Gasteiger partial charge < -0.3 is 5.32 Å². The monoisotopic (exact) mass is 322 g/mol. The number of nitrogens with zero attached hydrogens (tertiary/aromatic N) is 1. The predicted octanol–water partition coefficient (Wildman–Crippen LogP) is 4.24. The highest BCUT2D eigenvalue weighted by Crippen LogP contribution is 2.42. The highest BCUT2D eigenvalue weighted by molar-refractivity contribution is 7.16. The Morgan fingerprint density at radius 2 is 2.00 bits per heavy atom. The molecule has 23 heavy (non-hydrogen) atoms. The maximum Gasteiger partial charge on any atom is 0.228 e. The van der Waals surface area contributed by atoms with Crippen molar-refractivity contribution in [3.8, 4) is 6.07 Å². The van der Waals surface area contributed by atoms with E-state index in [2.05, 4.69) is 35.7 Å². The van der Waals surface area contributed by atoms with Gasteiger partial charge in [-0.05, 0) is 49.1 Å². The van der Waals surface area contributed by atoms with E-state index in [-0.39, 0.29) is 11.8 Å². The molecule has 1 fully saturated rings. The summed E-state index contributed by atoms with van der Waals surface area (Å²) in [5.74, 6) is 0.762. The van der Waals surface area contributed by atoms with Gasteiger partial charge in [0.05, 0.1) is 5.56 Å². The Morgan fingerprint density at radius 3 is 2.70 bits per heavy atom. The van der Waals surface area contributed by atoms with E-state index in [1.165, 1.54) is 10.4 Å². The third-order valence-corrected chi connectivity index (χ3v) is 6.00. The molecule has 1 aromatic carbocycles. The zero-order chi connectivity index (χ0) is 15.8. The number of benzene rings is 1. The molecule has 4 heteroatoms. The van der Waals surface area contributed by atoms with Crippen molar-refractivity contribution in [3.05, 3.63) is 51.9 Å². The molecule has 2 aliphatic rings. The Balaban J connectivity index is 1.60. The van der Waals surface area contributed by atoms with Crippen LogP contribution in [0.4, 0.5) is 5.00 Å². The van der Waals surface area contributed by atoms with Gasteiger partial charge in [-0.3, -0.25) is 4.79 Å². The van der Waals surface area contributed by atoms with Crippen LogP contribution in [0, 0.1) is 17.2 Å². The SMILES string of the molecule is N#Cc1c(NC(=O)C2CC2)sc2c1CCC(c1ccccc1)C2. The third kappa shape index (κ3) is 2.77. The van der Waals surface area contributed by atoms with E-state index in [4.69, 9.17) is 0 Å². The van der Waals surface area contributed by atoms with Crippen molar-refractivity contribution in [2.75, 3.05) is 5.32 Å². The first-order chi connectivity index (χ1) is 11.3. The van der Waals surface area contributed by atoms with E-state index >= 15 is 0 Å². The number of amides is 1. The Kier molecular flexibility index (Phi) is 3.66. The van der Waals surface area contributed by atoms with Gasteiger partial charge in [-0.2, -0.15) is 5.26 Å². The fourth-order valence-electron chi connectivity index (χ4n) is 3.36. The predicted molar refractivity (Wildman–Crippen MR) is 91.6 cm³/mol. The van der Waals surface area contributed by atoms with Gasteiger partial charge >= 0.3 is 0 Å². The van der Waals surface area contributed by atoms with Crippen LogP contribution in [0.3, 0.4) is 0 Å². The molecule has 3 nitrogen and oxygen atoms in total. The van der Waals surface area contributed by atoms with Gasteiger partial charge in [0, 0.05) is 10.8 Å². The summed E-state index contributed by atoms with van der Waals surface area (Å²) in [7, 11) is 0. The second kappa shape index (κ2) is 5.82. The molecule has 1 N–H and O–H groups in total. The highest BCUT2D eigenvalue weighted by atomic mass is 32.1. The largest absolute Gasteiger partial charge is 0.316 e. The van der Waals surface area contributed by atoms with E-state index < -0.39 is 0 Å². The Bertz CT molecular complexity index is 784. The molecule has 2 aromatic rings. The lowest BCUT2D eigenvalue weighted by Crippen LogP contribution is -2.13. The number of nitriles is 1. The number of hydrogen-bond acceptors (Lipinski definition) is 3. The number of carbonyl (C=O) groups excluding carboxylic acids is 1. The van der Waals surface area contributed by atoms with E-state index in [0.717, 1.165) is 42.7 Å². The fraction of sp³-hybridized carbons (Fsp3) is 0.368. The van der Waals surface area contributed by atoms with Crippen LogP contribution >= 0.6 is 11.3 Å². The molecule has 2 aliphatic carbocycles. The van der Waals surface area contributed by atoms with Gasteiger partial charge in [-0.1, -0.05) is 30.3 Å². The summed E-state index contributed by atoms with van der Waals surface area (Å²) < 4.78 is 0. The fourth-order valence-corrected chi connectivity index (χ4v) is 4.64. The van der Waals surface area contributed by atoms with E-state index in [1.54, 1.807) is 11.3 Å². The number of rotatable bonds is 3. The lowest BCUT2D eigenvalue weighted by molar-refractivity contribution is -0.117. The molecule has 0 spiro atoms. The molecule has 0 radical (unpaired) electrons. The van der Waals surface area contributed by atoms with Crippen molar-refractivity contribution in [1.29, 1.82) is 5.26 Å². The van der Waals surface area contributed by atoms with Crippen LogP contribution in [0.5, 0.6) is 0 Å². The summed E-state index contributed by atoms with van der Waals surface area (Å²) >= 11 is 1.60. The van der Waals surface area contributed by atoms with Gasteiger partial charge in [-0.25, -0.2) is 0 Å². The molecule has 116 valence electrons. The second-order valence-corrected chi connectivity index (χ2v) is 7.54. The van der Waals surface area contributed by atoms with Crippen molar-refractivity contribution in [3.63, 3.8) is 0 Å². The minimum absolute atomic E-state index is 0.0831. The van der Waals surface area contributed by atoms with Crippen molar-refractivity contribution in [2.45, 2.75) is 38.0 Å². The molecule has 0 bridgehead atoms. The van der Waals surface area contributed by atoms with Crippen LogP contribution in [0.2, 0.25) is 0 Å². The van der Waals surface area contributed by atoms with Gasteiger partial charge in [0.15, 0.2) is 0 Å². The van der Waals surface area contributed by atoms with Crippen molar-refractivity contribution >= 4 is 22.2 Å². The summed E-state index contributed by atoms with van der Waals surface area (Å²) in [5, 5.41) is 13.3. The molecule has 1 atom stereocenters. The molecule has 0 saturated heterocycles. The summed E-state index contributed by atoms with van der Waals surface area (Å²) in [6.45, 7) is 0. The zero-order valence-electron chi connectivity index (χ0n) is 12.8. The van der Waals surface area contributed by atoms with Crippen LogP contribution in [0.15, 0.2) is 30.3 Å². The van der Waals surface area contributed by atoms with Gasteiger partial charge in [0.1, 0.15) is 11.1 Å². The quantitative estimate of drug-likeness (QED) is 0.919. The first-order valence-electron chi connectivity index (χ1n) is 8.16. The molecular formula is C19H18N2OS. The van der Waals surface area contributed by atoms with E-state index in [0.29, 0.717) is 11.5 Å². The number of anilines is 1. The summed E-state index contributed by atoms with van der Waals surface area (Å²) in [6.07, 6.45) is 4.92. The van der Waals surface area contributed by atoms with Gasteiger partial charge in [0.25, 0.3) is 0 Å². The number of carbonyl (C=O) groups is 1. The van der Waals surface area contributed by atoms with E-state index in [1.807, 2.05) is 6.07 Å². The number of fused-ring (bicyclic) bond motifs is 1. The molecule has 1 aromatic heterocycles. The standard InChI is InChI=1S/C19H18N2OS/c20-11-16-15-9-8-14(12-4-2-1-3-5-12)10-17(15)23-19(16)21-18(22)13-6-7-13/h1-5,13-14H,6-10H2,(H,21,22). The number of thiophene rings is 1. The lowest BCUT2D eigenvalue weighted by Gasteiger charge is -2.22.